The molecule has 3 rings (SSSR count). The normalized spacial score (nSPS) is 16.5. The SMILES string of the molecule is C=NC(=CC=C(C)F)c1ccc(NC(=O)CCC(=O)N2CC(C)Cn3nc(C)cc32)nc1. The summed E-state index contributed by atoms with van der Waals surface area (Å²) in [4.78, 5) is 34.9. The Bertz CT molecular complexity index is 1070. The average Bonchev–Trinajstić information content (AvgIpc) is 3.12. The predicted octanol–water partition coefficient (Wildman–Crippen LogP) is 3.90. The number of nitrogens with zero attached hydrogens (tertiary/aromatic N) is 5. The van der Waals surface area contributed by atoms with Crippen LogP contribution >= 0.6 is 0 Å². The van der Waals surface area contributed by atoms with Crippen molar-refractivity contribution in [1.29, 1.82) is 0 Å². The van der Waals surface area contributed by atoms with E-state index >= 15 is 0 Å². The summed E-state index contributed by atoms with van der Waals surface area (Å²) in [5.41, 5.74) is 1.96. The van der Waals surface area contributed by atoms with Crippen LogP contribution in [-0.2, 0) is 16.1 Å². The molecule has 0 fully saturated rings. The fraction of sp³-hybridized carbons (Fsp3) is 0.348. The van der Waals surface area contributed by atoms with E-state index in [9.17, 15) is 14.0 Å². The Balaban J connectivity index is 1.57. The van der Waals surface area contributed by atoms with Crippen molar-refractivity contribution in [2.75, 3.05) is 16.8 Å². The number of fused-ring (bicyclic) bond motifs is 1. The predicted molar refractivity (Wildman–Crippen MR) is 123 cm³/mol. The highest BCUT2D eigenvalue weighted by Gasteiger charge is 2.27. The van der Waals surface area contributed by atoms with E-state index in [-0.39, 0.29) is 36.4 Å². The van der Waals surface area contributed by atoms with Gasteiger partial charge in [0.2, 0.25) is 11.8 Å². The maximum absolute atomic E-state index is 12.9. The van der Waals surface area contributed by atoms with Crippen LogP contribution in [0.25, 0.3) is 5.70 Å². The molecule has 0 spiro atoms. The molecule has 168 valence electrons. The van der Waals surface area contributed by atoms with Gasteiger partial charge in [-0.1, -0.05) is 6.92 Å². The molecular weight excluding hydrogens is 411 g/mol. The van der Waals surface area contributed by atoms with Gasteiger partial charge in [0.05, 0.1) is 17.2 Å². The molecule has 0 saturated carbocycles. The van der Waals surface area contributed by atoms with E-state index < -0.39 is 0 Å². The van der Waals surface area contributed by atoms with E-state index in [0.717, 1.165) is 18.1 Å². The summed E-state index contributed by atoms with van der Waals surface area (Å²) in [6.45, 7) is 10.2. The van der Waals surface area contributed by atoms with Crippen molar-refractivity contribution < 1.29 is 14.0 Å². The molecule has 9 heteroatoms. The molecule has 0 aromatic carbocycles. The molecule has 1 N–H and O–H groups in total. The molecule has 1 unspecified atom stereocenters. The van der Waals surface area contributed by atoms with Crippen molar-refractivity contribution in [2.24, 2.45) is 10.9 Å². The maximum atomic E-state index is 12.9. The van der Waals surface area contributed by atoms with Crippen molar-refractivity contribution in [1.82, 2.24) is 14.8 Å². The number of amides is 2. The zero-order chi connectivity index (χ0) is 23.3. The Labute approximate surface area is 186 Å². The fourth-order valence-corrected chi connectivity index (χ4v) is 3.49. The lowest BCUT2D eigenvalue weighted by atomic mass is 10.1. The molecule has 0 saturated heterocycles. The Hall–Kier alpha value is -3.62. The van der Waals surface area contributed by atoms with Gasteiger partial charge in [-0.3, -0.25) is 19.5 Å². The molecule has 0 aliphatic carbocycles. The smallest absolute Gasteiger partial charge is 0.228 e. The highest BCUT2D eigenvalue weighted by Crippen LogP contribution is 2.25. The Morgan fingerprint density at radius 1 is 1.31 bits per heavy atom. The number of rotatable bonds is 7. The first-order valence-electron chi connectivity index (χ1n) is 10.4. The van der Waals surface area contributed by atoms with Gasteiger partial charge in [-0.15, -0.1) is 0 Å². The number of anilines is 2. The maximum Gasteiger partial charge on any atom is 0.228 e. The third-order valence-electron chi connectivity index (χ3n) is 4.97. The van der Waals surface area contributed by atoms with Gasteiger partial charge in [0, 0.05) is 43.8 Å². The quantitative estimate of drug-likeness (QED) is 0.524. The number of aliphatic imine (C=N–C) groups is 1. The highest BCUT2D eigenvalue weighted by atomic mass is 19.1. The summed E-state index contributed by atoms with van der Waals surface area (Å²) in [6, 6.07) is 5.21. The van der Waals surface area contributed by atoms with Crippen molar-refractivity contribution >= 4 is 35.9 Å². The van der Waals surface area contributed by atoms with Crippen LogP contribution in [0.5, 0.6) is 0 Å². The van der Waals surface area contributed by atoms with Crippen LogP contribution in [0.1, 0.15) is 37.9 Å². The molecule has 1 atom stereocenters. The zero-order valence-corrected chi connectivity index (χ0v) is 18.5. The van der Waals surface area contributed by atoms with E-state index in [2.05, 4.69) is 34.0 Å². The molecule has 8 nitrogen and oxygen atoms in total. The second kappa shape index (κ2) is 10.1. The summed E-state index contributed by atoms with van der Waals surface area (Å²) in [6.07, 6.45) is 4.43. The third-order valence-corrected chi connectivity index (χ3v) is 4.97. The second-order valence-corrected chi connectivity index (χ2v) is 7.88. The lowest BCUT2D eigenvalue weighted by molar-refractivity contribution is -0.122. The standard InChI is InChI=1S/C23H27FN6O2/c1-15-13-29(22-11-17(3)28-30(22)14-15)23(32)10-9-21(31)27-20-8-6-18(12-26-20)19(25-4)7-5-16(2)24/h5-8,11-12,15H,4,9-10,13-14H2,1-3H3,(H,26,27,31). The molecule has 0 radical (unpaired) electrons. The van der Waals surface area contributed by atoms with E-state index in [4.69, 9.17) is 0 Å². The van der Waals surface area contributed by atoms with Crippen LogP contribution in [-0.4, -0.2) is 39.8 Å². The van der Waals surface area contributed by atoms with Gasteiger partial charge in [0.25, 0.3) is 0 Å². The summed E-state index contributed by atoms with van der Waals surface area (Å²) in [5.74, 6) is 0.653. The summed E-state index contributed by atoms with van der Waals surface area (Å²) >= 11 is 0. The molecule has 1 aliphatic rings. The number of hydrogen-bond acceptors (Lipinski definition) is 5. The Morgan fingerprint density at radius 2 is 2.09 bits per heavy atom. The van der Waals surface area contributed by atoms with Gasteiger partial charge < -0.3 is 5.32 Å². The molecule has 2 aromatic heterocycles. The van der Waals surface area contributed by atoms with E-state index in [1.807, 2.05) is 17.7 Å². The summed E-state index contributed by atoms with van der Waals surface area (Å²) < 4.78 is 14.8. The number of nitrogens with one attached hydrogen (secondary N) is 1. The first kappa shape index (κ1) is 23.1. The second-order valence-electron chi connectivity index (χ2n) is 7.88. The number of carbonyl (C=O) groups is 2. The van der Waals surface area contributed by atoms with E-state index in [0.29, 0.717) is 23.6 Å². The zero-order valence-electron chi connectivity index (χ0n) is 18.5. The first-order valence-corrected chi connectivity index (χ1v) is 10.4. The Kier molecular flexibility index (Phi) is 7.29. The van der Waals surface area contributed by atoms with Crippen molar-refractivity contribution in [3.8, 4) is 0 Å². The van der Waals surface area contributed by atoms with Gasteiger partial charge in [-0.05, 0) is 50.8 Å². The topological polar surface area (TPSA) is 92.5 Å². The molecular formula is C23H27FN6O2. The number of pyridine rings is 1. The minimum atomic E-state index is -0.351. The van der Waals surface area contributed by atoms with Gasteiger partial charge in [-0.25, -0.2) is 14.1 Å². The largest absolute Gasteiger partial charge is 0.311 e. The van der Waals surface area contributed by atoms with Crippen molar-refractivity contribution in [3.05, 3.63) is 53.6 Å². The highest BCUT2D eigenvalue weighted by molar-refractivity contribution is 5.97. The number of allylic oxidation sites excluding steroid dienone is 3. The van der Waals surface area contributed by atoms with Crippen LogP contribution in [0, 0.1) is 12.8 Å². The summed E-state index contributed by atoms with van der Waals surface area (Å²) in [7, 11) is 0. The van der Waals surface area contributed by atoms with Crippen LogP contribution < -0.4 is 10.2 Å². The minimum absolute atomic E-state index is 0.0419. The van der Waals surface area contributed by atoms with Crippen molar-refractivity contribution in [2.45, 2.75) is 40.2 Å². The van der Waals surface area contributed by atoms with Crippen LogP contribution in [0.15, 0.2) is 47.4 Å². The number of halogens is 1. The van der Waals surface area contributed by atoms with Gasteiger partial charge >= 0.3 is 0 Å². The number of aromatic nitrogens is 3. The third kappa shape index (κ3) is 5.75. The van der Waals surface area contributed by atoms with Crippen LogP contribution in [0.4, 0.5) is 16.0 Å². The number of hydrogen-bond donors (Lipinski definition) is 1. The van der Waals surface area contributed by atoms with Gasteiger partial charge in [0.15, 0.2) is 0 Å². The van der Waals surface area contributed by atoms with E-state index in [1.165, 1.54) is 25.3 Å². The van der Waals surface area contributed by atoms with E-state index in [1.54, 1.807) is 17.0 Å². The monoisotopic (exact) mass is 438 g/mol. The lowest BCUT2D eigenvalue weighted by Crippen LogP contribution is -2.41. The fourth-order valence-electron chi connectivity index (χ4n) is 3.49. The van der Waals surface area contributed by atoms with Crippen LogP contribution in [0.3, 0.4) is 0 Å². The van der Waals surface area contributed by atoms with Gasteiger partial charge in [-0.2, -0.15) is 5.10 Å². The first-order chi connectivity index (χ1) is 15.3. The molecule has 2 amide bonds. The Morgan fingerprint density at radius 3 is 2.75 bits per heavy atom. The number of aryl methyl sites for hydroxylation is 1. The lowest BCUT2D eigenvalue weighted by Gasteiger charge is -2.31. The van der Waals surface area contributed by atoms with Crippen LogP contribution in [0.2, 0.25) is 0 Å². The van der Waals surface area contributed by atoms with Gasteiger partial charge in [0.1, 0.15) is 11.6 Å². The van der Waals surface area contributed by atoms with Crippen molar-refractivity contribution in [3.63, 3.8) is 0 Å². The number of carbonyl (C=O) groups excluding carboxylic acids is 2. The average molecular weight is 439 g/mol. The summed E-state index contributed by atoms with van der Waals surface area (Å²) in [5, 5.41) is 7.12. The molecule has 1 aliphatic heterocycles. The molecule has 2 aromatic rings. The molecule has 32 heavy (non-hydrogen) atoms. The minimum Gasteiger partial charge on any atom is -0.311 e. The molecule has 0 bridgehead atoms. The molecule has 3 heterocycles.